The van der Waals surface area contributed by atoms with Gasteiger partial charge in [-0.2, -0.15) is 0 Å². The first-order chi connectivity index (χ1) is 19.6. The summed E-state index contributed by atoms with van der Waals surface area (Å²) in [6, 6.07) is 19.6. The molecule has 5 nitrogen and oxygen atoms in total. The average molecular weight is 898 g/mol. The third-order valence-corrected chi connectivity index (χ3v) is 10.8. The third-order valence-electron chi connectivity index (χ3n) is 7.19. The van der Waals surface area contributed by atoms with Gasteiger partial charge in [0, 0.05) is 40.1 Å². The molecule has 0 spiro atoms. The topological polar surface area (TPSA) is 82.2 Å². The maximum absolute atomic E-state index is 11.1. The highest BCUT2D eigenvalue weighted by molar-refractivity contribution is 14.1. The Morgan fingerprint density at radius 1 is 0.805 bits per heavy atom. The van der Waals surface area contributed by atoms with Gasteiger partial charge in [0.25, 0.3) is 0 Å². The number of rotatable bonds is 4. The first-order valence-corrected chi connectivity index (χ1v) is 16.5. The zero-order valence-corrected chi connectivity index (χ0v) is 29.6. The average Bonchev–Trinajstić information content (AvgIpc) is 3.57. The maximum atomic E-state index is 11.1. The second kappa shape index (κ2) is 12.7. The Hall–Kier alpha value is -1.93. The summed E-state index contributed by atoms with van der Waals surface area (Å²) < 4.78 is 4.29. The fraction of sp³-hybridized carbons (Fsp3) is 0.156. The molecule has 0 radical (unpaired) electrons. The number of aliphatic imine (C=N–C) groups is 2. The number of hydrogen-bond acceptors (Lipinski definition) is 4. The number of aliphatic hydroxyl groups excluding tert-OH is 1. The molecule has 4 aromatic rings. The normalized spacial score (nSPS) is 13.1. The van der Waals surface area contributed by atoms with Gasteiger partial charge in [-0.05, 0) is 123 Å². The number of hydrogen-bond donors (Lipinski definition) is 2. The van der Waals surface area contributed by atoms with E-state index in [2.05, 4.69) is 114 Å². The molecule has 2 N–H and O–H groups in total. The van der Waals surface area contributed by atoms with Gasteiger partial charge in [0.2, 0.25) is 0 Å². The summed E-state index contributed by atoms with van der Waals surface area (Å²) in [5.74, 6) is -0.919. The molecule has 0 unspecified atom stereocenters. The Balaban J connectivity index is 0.000000165. The van der Waals surface area contributed by atoms with Crippen molar-refractivity contribution in [2.24, 2.45) is 9.98 Å². The Morgan fingerprint density at radius 2 is 1.29 bits per heavy atom. The van der Waals surface area contributed by atoms with Crippen molar-refractivity contribution in [3.8, 4) is 0 Å². The van der Waals surface area contributed by atoms with Crippen molar-refractivity contribution >= 4 is 106 Å². The van der Waals surface area contributed by atoms with E-state index in [1.54, 1.807) is 12.1 Å². The number of carbonyl (C=O) groups is 1. The Morgan fingerprint density at radius 3 is 1.78 bits per heavy atom. The van der Waals surface area contributed by atoms with Gasteiger partial charge in [0.1, 0.15) is 0 Å². The smallest absolute Gasteiger partial charge is 0.335 e. The second-order valence-electron chi connectivity index (χ2n) is 9.79. The van der Waals surface area contributed by atoms with Crippen LogP contribution in [-0.2, 0) is 19.4 Å². The van der Waals surface area contributed by atoms with Crippen LogP contribution in [0.4, 0.5) is 11.4 Å². The lowest BCUT2D eigenvalue weighted by Crippen LogP contribution is -2.04. The molecule has 2 aliphatic rings. The molecule has 2 aliphatic heterocycles. The zero-order chi connectivity index (χ0) is 29.4. The molecule has 9 heteroatoms. The predicted octanol–water partition coefficient (Wildman–Crippen LogP) is 9.27. The minimum absolute atomic E-state index is 0.0596. The molecular weight excluding hydrogens is 874 g/mol. The van der Waals surface area contributed by atoms with Crippen molar-refractivity contribution in [2.75, 3.05) is 0 Å². The van der Waals surface area contributed by atoms with Crippen LogP contribution in [0.3, 0.4) is 0 Å². The van der Waals surface area contributed by atoms with Crippen LogP contribution in [0.15, 0.2) is 79.6 Å². The molecule has 41 heavy (non-hydrogen) atoms. The summed E-state index contributed by atoms with van der Waals surface area (Å²) in [5.41, 5.74) is 12.1. The van der Waals surface area contributed by atoms with E-state index in [9.17, 15) is 9.90 Å². The summed E-state index contributed by atoms with van der Waals surface area (Å²) in [4.78, 5) is 20.6. The molecule has 0 fully saturated rings. The van der Waals surface area contributed by atoms with E-state index in [1.165, 1.54) is 20.3 Å². The predicted molar refractivity (Wildman–Crippen MR) is 189 cm³/mol. The number of fused-ring (bicyclic) bond motifs is 2. The fourth-order valence-corrected chi connectivity index (χ4v) is 7.32. The van der Waals surface area contributed by atoms with Crippen LogP contribution in [0.5, 0.6) is 0 Å². The number of carboxylic acid groups (broad SMARTS) is 1. The summed E-state index contributed by atoms with van der Waals surface area (Å²) >= 11 is 11.6. The van der Waals surface area contributed by atoms with Gasteiger partial charge in [-0.1, -0.05) is 56.1 Å². The standard InChI is InChI=1S/C16H11BrINO2.C16H13BrINO/c1-8-10(3-2-4-12(8)17)15-7-11-13(18)5-9(16(20)21)6-14(11)19-15;1-9-11(3-2-4-13(9)17)16-7-12-14(18)5-10(8-20)6-15(12)19-16/h2-6H,7H2,1H3,(H,20,21);2-6,20H,7-8H2,1H3. The molecule has 2 heterocycles. The molecule has 0 saturated carbocycles. The quantitative estimate of drug-likeness (QED) is 0.201. The largest absolute Gasteiger partial charge is 0.478 e. The van der Waals surface area contributed by atoms with Crippen LogP contribution < -0.4 is 0 Å². The number of aromatic carboxylic acids is 1. The Kier molecular flexibility index (Phi) is 9.49. The molecule has 4 aromatic carbocycles. The first kappa shape index (κ1) is 30.5. The lowest BCUT2D eigenvalue weighted by atomic mass is 10.00. The van der Waals surface area contributed by atoms with Gasteiger partial charge in [-0.3, -0.25) is 9.98 Å². The molecule has 0 aromatic heterocycles. The van der Waals surface area contributed by atoms with Gasteiger partial charge >= 0.3 is 5.97 Å². The van der Waals surface area contributed by atoms with Crippen LogP contribution in [0.2, 0.25) is 0 Å². The van der Waals surface area contributed by atoms with Crippen molar-refractivity contribution in [2.45, 2.75) is 33.3 Å². The number of benzene rings is 4. The van der Waals surface area contributed by atoms with Crippen molar-refractivity contribution < 1.29 is 15.0 Å². The second-order valence-corrected chi connectivity index (χ2v) is 13.8. The molecule has 0 amide bonds. The van der Waals surface area contributed by atoms with E-state index < -0.39 is 5.97 Å². The number of nitrogens with zero attached hydrogens (tertiary/aromatic N) is 2. The third kappa shape index (κ3) is 6.39. The Labute approximate surface area is 282 Å². The van der Waals surface area contributed by atoms with E-state index in [-0.39, 0.29) is 12.2 Å². The van der Waals surface area contributed by atoms with E-state index in [1.807, 2.05) is 30.3 Å². The number of aliphatic hydroxyl groups is 1. The van der Waals surface area contributed by atoms with Crippen LogP contribution in [0.25, 0.3) is 0 Å². The summed E-state index contributed by atoms with van der Waals surface area (Å²) in [5, 5.41) is 18.4. The van der Waals surface area contributed by atoms with E-state index in [4.69, 9.17) is 10.1 Å². The van der Waals surface area contributed by atoms with Crippen molar-refractivity contribution in [3.63, 3.8) is 0 Å². The lowest BCUT2D eigenvalue weighted by molar-refractivity contribution is 0.0697. The van der Waals surface area contributed by atoms with Crippen molar-refractivity contribution in [1.29, 1.82) is 0 Å². The van der Waals surface area contributed by atoms with E-state index in [0.29, 0.717) is 0 Å². The maximum Gasteiger partial charge on any atom is 0.335 e. The van der Waals surface area contributed by atoms with E-state index >= 15 is 0 Å². The van der Waals surface area contributed by atoms with Gasteiger partial charge in [-0.15, -0.1) is 0 Å². The highest BCUT2D eigenvalue weighted by Gasteiger charge is 2.23. The minimum Gasteiger partial charge on any atom is -0.478 e. The monoisotopic (exact) mass is 896 g/mol. The van der Waals surface area contributed by atoms with Crippen LogP contribution in [-0.4, -0.2) is 27.6 Å². The fourth-order valence-electron chi connectivity index (χ4n) is 4.92. The van der Waals surface area contributed by atoms with E-state index in [0.717, 1.165) is 70.4 Å². The van der Waals surface area contributed by atoms with Gasteiger partial charge < -0.3 is 10.2 Å². The number of halogens is 4. The lowest BCUT2D eigenvalue weighted by Gasteiger charge is -2.07. The first-order valence-electron chi connectivity index (χ1n) is 12.7. The molecule has 0 atom stereocenters. The van der Waals surface area contributed by atoms with Crippen molar-refractivity contribution in [1.82, 2.24) is 0 Å². The van der Waals surface area contributed by atoms with Crippen LogP contribution in [0.1, 0.15) is 49.3 Å². The highest BCUT2D eigenvalue weighted by atomic mass is 127. The summed E-state index contributed by atoms with van der Waals surface area (Å²) in [6.07, 6.45) is 1.60. The molecule has 6 rings (SSSR count). The van der Waals surface area contributed by atoms with Gasteiger partial charge in [0.05, 0.1) is 35.0 Å². The molecule has 208 valence electrons. The van der Waals surface area contributed by atoms with Crippen molar-refractivity contribution in [3.05, 3.63) is 121 Å². The summed E-state index contributed by atoms with van der Waals surface area (Å²) in [7, 11) is 0. The molecule has 0 bridgehead atoms. The zero-order valence-electron chi connectivity index (χ0n) is 22.1. The molecule has 0 saturated heterocycles. The number of carboxylic acids is 1. The SMILES string of the molecule is Cc1c(Br)cccc1C1=Nc2cc(C(=O)O)cc(I)c2C1.Cc1c(Br)cccc1C1=Nc2cc(CO)cc(I)c2C1. The molecular formula is C32H24Br2I2N2O3. The van der Waals surface area contributed by atoms with Crippen LogP contribution in [0, 0.1) is 21.0 Å². The minimum atomic E-state index is -0.919. The van der Waals surface area contributed by atoms with Gasteiger partial charge in [0.15, 0.2) is 0 Å². The van der Waals surface area contributed by atoms with Crippen LogP contribution >= 0.6 is 77.0 Å². The molecule has 0 aliphatic carbocycles. The summed E-state index contributed by atoms with van der Waals surface area (Å²) in [6.45, 7) is 4.22. The Bertz CT molecular complexity index is 1780. The van der Waals surface area contributed by atoms with Gasteiger partial charge in [-0.25, -0.2) is 4.79 Å². The highest BCUT2D eigenvalue weighted by Crippen LogP contribution is 2.36.